The Bertz CT molecular complexity index is 931. The van der Waals surface area contributed by atoms with E-state index in [1.807, 2.05) is 21.0 Å². The van der Waals surface area contributed by atoms with Crippen molar-refractivity contribution in [3.8, 4) is 0 Å². The van der Waals surface area contributed by atoms with Crippen LogP contribution in [0.2, 0.25) is 6.55 Å². The van der Waals surface area contributed by atoms with Crippen LogP contribution in [0.1, 0.15) is 128 Å². The minimum Gasteiger partial charge on any atom is -0.0691 e. The second-order valence-corrected chi connectivity index (χ2v) is 21.5. The molecule has 2 aromatic carbocycles. The molecule has 0 heterocycles. The summed E-state index contributed by atoms with van der Waals surface area (Å²) in [5.41, 5.74) is 3.94. The molecule has 0 amide bonds. The van der Waals surface area contributed by atoms with Crippen LogP contribution >= 0.6 is 15.8 Å². The molecular formula is C37H55NiP2Si. The van der Waals surface area contributed by atoms with E-state index in [0.717, 1.165) is 22.6 Å². The van der Waals surface area contributed by atoms with Crippen LogP contribution in [0.25, 0.3) is 0 Å². The molecule has 4 saturated carbocycles. The van der Waals surface area contributed by atoms with Crippen LogP contribution in [-0.4, -0.2) is 31.4 Å². The van der Waals surface area contributed by atoms with E-state index in [1.165, 1.54) is 128 Å². The molecule has 4 aliphatic rings. The fraction of sp³-hybridized carbons (Fsp3) is 0.676. The van der Waals surface area contributed by atoms with Crippen molar-refractivity contribution in [1.82, 2.24) is 0 Å². The smallest absolute Gasteiger partial charge is 0.0691 e. The molecule has 4 heteroatoms. The van der Waals surface area contributed by atoms with Crippen LogP contribution in [0.5, 0.6) is 0 Å². The predicted octanol–water partition coefficient (Wildman–Crippen LogP) is 9.47. The molecule has 0 unspecified atom stereocenters. The second-order valence-electron chi connectivity index (χ2n) is 13.6. The quantitative estimate of drug-likeness (QED) is 0.198. The largest absolute Gasteiger partial charge is 0.119 e. The average Bonchev–Trinajstić information content (AvgIpc) is 3.04. The summed E-state index contributed by atoms with van der Waals surface area (Å²) in [6.45, 7) is 2.70. The van der Waals surface area contributed by atoms with E-state index < -0.39 is 8.80 Å². The molecular weight excluding hydrogens is 593 g/mol. The Labute approximate surface area is 267 Å². The van der Waals surface area contributed by atoms with E-state index in [4.69, 9.17) is 0 Å². The van der Waals surface area contributed by atoms with Gasteiger partial charge in [-0.1, -0.05) is 148 Å². The van der Waals surface area contributed by atoms with Crippen molar-refractivity contribution >= 4 is 45.6 Å². The number of rotatable bonds is 8. The predicted molar refractivity (Wildman–Crippen MR) is 184 cm³/mol. The summed E-state index contributed by atoms with van der Waals surface area (Å²) in [6.07, 6.45) is 29.9. The first kappa shape index (κ1) is 32.4. The Hall–Kier alpha value is 0.0104. The van der Waals surface area contributed by atoms with Crippen LogP contribution in [0.3, 0.4) is 0 Å². The number of hydrogen-bond donors (Lipinski definition) is 0. The average molecular weight is 649 g/mol. The van der Waals surface area contributed by atoms with Crippen molar-refractivity contribution < 1.29 is 16.5 Å². The monoisotopic (exact) mass is 647 g/mol. The number of benzene rings is 2. The fourth-order valence-corrected chi connectivity index (χ4v) is 20.4. The zero-order valence-corrected chi connectivity index (χ0v) is 29.6. The normalized spacial score (nSPS) is 22.3. The molecule has 0 aliphatic heterocycles. The van der Waals surface area contributed by atoms with Crippen molar-refractivity contribution in [3.05, 3.63) is 48.5 Å². The van der Waals surface area contributed by atoms with Gasteiger partial charge in [0, 0.05) is 16.5 Å². The van der Waals surface area contributed by atoms with Gasteiger partial charge in [0.05, 0.1) is 0 Å². The summed E-state index contributed by atoms with van der Waals surface area (Å²) in [5, 5.41) is 7.35. The van der Waals surface area contributed by atoms with Crippen LogP contribution < -0.4 is 21.0 Å². The van der Waals surface area contributed by atoms with E-state index in [1.54, 1.807) is 0 Å². The molecule has 0 N–H and O–H groups in total. The van der Waals surface area contributed by atoms with E-state index >= 15 is 0 Å². The zero-order valence-electron chi connectivity index (χ0n) is 25.8. The molecule has 4 fully saturated rings. The molecule has 227 valence electrons. The van der Waals surface area contributed by atoms with Crippen molar-refractivity contribution in [2.24, 2.45) is 0 Å². The zero-order chi connectivity index (χ0) is 27.1. The van der Waals surface area contributed by atoms with Gasteiger partial charge in [-0.05, 0) is 95.0 Å². The van der Waals surface area contributed by atoms with Crippen molar-refractivity contribution in [2.75, 3.05) is 0 Å². The van der Waals surface area contributed by atoms with Gasteiger partial charge in [-0.15, -0.1) is 0 Å². The van der Waals surface area contributed by atoms with E-state index in [9.17, 15) is 0 Å². The van der Waals surface area contributed by atoms with Crippen LogP contribution in [-0.2, 0) is 16.5 Å². The molecule has 0 aromatic heterocycles. The summed E-state index contributed by atoms with van der Waals surface area (Å²) < 4.78 is 0. The van der Waals surface area contributed by atoms with Crippen molar-refractivity contribution in [2.45, 2.75) is 158 Å². The maximum Gasteiger partial charge on any atom is 0.119 e. The van der Waals surface area contributed by atoms with Gasteiger partial charge in [-0.3, -0.25) is 0 Å². The third-order valence-electron chi connectivity index (χ3n) is 11.0. The van der Waals surface area contributed by atoms with Crippen LogP contribution in [0, 0.1) is 0 Å². The summed E-state index contributed by atoms with van der Waals surface area (Å²) in [5.74, 6) is 0. The van der Waals surface area contributed by atoms with Crippen LogP contribution in [0.15, 0.2) is 48.5 Å². The van der Waals surface area contributed by atoms with E-state index in [2.05, 4.69) is 55.1 Å². The summed E-state index contributed by atoms with van der Waals surface area (Å²) in [4.78, 5) is 0. The first-order valence-corrected chi connectivity index (χ1v) is 22.4. The molecule has 1 radical (unpaired) electrons. The summed E-state index contributed by atoms with van der Waals surface area (Å²) in [7, 11) is -0.920. The summed E-state index contributed by atoms with van der Waals surface area (Å²) in [6, 6.07) is 20.1. The Morgan fingerprint density at radius 3 is 1.00 bits per heavy atom. The van der Waals surface area contributed by atoms with E-state index in [-0.39, 0.29) is 32.3 Å². The molecule has 0 bridgehead atoms. The molecule has 0 nitrogen and oxygen atoms in total. The standard InChI is InChI=1S/C37H55P2Si.Ni/c1-40(36-28-16-14-26-34(36)38(30-18-6-2-7-19-30)31-20-8-3-9-21-31)37-29-17-15-27-35(37)39(32-22-10-4-11-23-32)33-24-12-5-13-25-33;/h14-17,26-33H,2-13,18-25H2,1H3;. The van der Waals surface area contributed by atoms with Crippen molar-refractivity contribution in [3.63, 3.8) is 0 Å². The molecule has 0 spiro atoms. The van der Waals surface area contributed by atoms with E-state index in [0.29, 0.717) is 0 Å². The Morgan fingerprint density at radius 1 is 0.439 bits per heavy atom. The van der Waals surface area contributed by atoms with Gasteiger partial charge in [0.25, 0.3) is 0 Å². The fourth-order valence-electron chi connectivity index (χ4n) is 9.00. The van der Waals surface area contributed by atoms with Gasteiger partial charge in [0.15, 0.2) is 0 Å². The minimum atomic E-state index is -0.812. The molecule has 0 atom stereocenters. The SMILES string of the molecule is C[Si](c1ccccc1P(C1CCCCC1)C1CCCCC1)c1ccccc1P(C1CCCCC1)C1CCCCC1.[Ni]. The van der Waals surface area contributed by atoms with Crippen LogP contribution in [0.4, 0.5) is 0 Å². The van der Waals surface area contributed by atoms with Gasteiger partial charge >= 0.3 is 0 Å². The first-order valence-electron chi connectivity index (χ1n) is 17.4. The van der Waals surface area contributed by atoms with Gasteiger partial charge in [-0.25, -0.2) is 0 Å². The third-order valence-corrected chi connectivity index (χ3v) is 21.1. The summed E-state index contributed by atoms with van der Waals surface area (Å²) >= 11 is 0. The van der Waals surface area contributed by atoms with Gasteiger partial charge in [0.1, 0.15) is 8.80 Å². The maximum absolute atomic E-state index is 2.70. The maximum atomic E-state index is 2.70. The topological polar surface area (TPSA) is 0 Å². The molecule has 0 saturated heterocycles. The minimum absolute atomic E-state index is 0. The Kier molecular flexibility index (Phi) is 12.9. The first-order chi connectivity index (χ1) is 19.8. The van der Waals surface area contributed by atoms with Crippen molar-refractivity contribution in [1.29, 1.82) is 0 Å². The number of hydrogen-bond acceptors (Lipinski definition) is 0. The second kappa shape index (κ2) is 16.4. The Balaban J connectivity index is 0.00000337. The molecule has 41 heavy (non-hydrogen) atoms. The molecule has 4 aliphatic carbocycles. The molecule has 6 rings (SSSR count). The van der Waals surface area contributed by atoms with Gasteiger partial charge in [0.2, 0.25) is 0 Å². The van der Waals surface area contributed by atoms with Gasteiger partial charge in [-0.2, -0.15) is 0 Å². The third kappa shape index (κ3) is 7.81. The Morgan fingerprint density at radius 2 is 0.707 bits per heavy atom. The molecule has 2 aromatic rings. The van der Waals surface area contributed by atoms with Gasteiger partial charge < -0.3 is 0 Å².